The van der Waals surface area contributed by atoms with Crippen molar-refractivity contribution in [3.8, 4) is 0 Å². The second-order valence-electron chi connectivity index (χ2n) is 8.12. The van der Waals surface area contributed by atoms with Gasteiger partial charge in [-0.05, 0) is 30.2 Å². The summed E-state index contributed by atoms with van der Waals surface area (Å²) in [5.74, 6) is -0.365. The molecule has 6 nitrogen and oxygen atoms in total. The lowest BCUT2D eigenvalue weighted by molar-refractivity contribution is -0.126. The van der Waals surface area contributed by atoms with E-state index in [1.54, 1.807) is 4.90 Å². The van der Waals surface area contributed by atoms with Crippen molar-refractivity contribution in [2.45, 2.75) is 26.4 Å². The molecular weight excluding hydrogens is 378 g/mol. The average molecular weight is 408 g/mol. The normalized spacial score (nSPS) is 19.8. The Bertz CT molecular complexity index is 891. The molecule has 0 saturated carbocycles. The third-order valence-corrected chi connectivity index (χ3v) is 5.91. The minimum absolute atomic E-state index is 0.00622. The molecule has 0 bridgehead atoms. The maximum Gasteiger partial charge on any atom is 0.227 e. The van der Waals surface area contributed by atoms with Crippen LogP contribution in [-0.4, -0.2) is 49.6 Å². The zero-order chi connectivity index (χ0) is 20.9. The topological polar surface area (TPSA) is 61.9 Å². The summed E-state index contributed by atoms with van der Waals surface area (Å²) < 4.78 is 5.43. The van der Waals surface area contributed by atoms with Crippen LogP contribution in [-0.2, 0) is 27.4 Å². The van der Waals surface area contributed by atoms with Crippen LogP contribution in [0.4, 0.5) is 5.69 Å². The van der Waals surface area contributed by atoms with Gasteiger partial charge in [0, 0.05) is 44.8 Å². The molecule has 0 spiro atoms. The van der Waals surface area contributed by atoms with E-state index in [0.29, 0.717) is 13.1 Å². The van der Waals surface area contributed by atoms with E-state index in [1.165, 1.54) is 5.56 Å². The van der Waals surface area contributed by atoms with Gasteiger partial charge in [-0.15, -0.1) is 0 Å². The predicted molar refractivity (Wildman–Crippen MR) is 116 cm³/mol. The smallest absolute Gasteiger partial charge is 0.227 e. The number of ether oxygens (including phenoxy) is 1. The van der Waals surface area contributed by atoms with E-state index in [-0.39, 0.29) is 24.2 Å². The molecule has 6 heteroatoms. The molecule has 1 atom stereocenters. The maximum atomic E-state index is 12.8. The van der Waals surface area contributed by atoms with E-state index in [2.05, 4.69) is 22.3 Å². The monoisotopic (exact) mass is 407 g/mol. The molecule has 2 aromatic carbocycles. The minimum atomic E-state index is -0.315. The van der Waals surface area contributed by atoms with Gasteiger partial charge >= 0.3 is 0 Å². The average Bonchev–Trinajstić information content (AvgIpc) is 3.16. The molecule has 2 saturated heterocycles. The molecule has 2 amide bonds. The van der Waals surface area contributed by atoms with Gasteiger partial charge in [-0.1, -0.05) is 42.0 Å². The van der Waals surface area contributed by atoms with Crippen molar-refractivity contribution < 1.29 is 14.3 Å². The summed E-state index contributed by atoms with van der Waals surface area (Å²) >= 11 is 0. The van der Waals surface area contributed by atoms with Gasteiger partial charge in [-0.2, -0.15) is 0 Å². The number of benzene rings is 2. The van der Waals surface area contributed by atoms with Crippen LogP contribution in [0.5, 0.6) is 0 Å². The number of carbonyl (C=O) groups excluding carboxylic acids is 2. The molecule has 4 rings (SSSR count). The Morgan fingerprint density at radius 2 is 1.77 bits per heavy atom. The highest BCUT2D eigenvalue weighted by atomic mass is 16.5. The van der Waals surface area contributed by atoms with Gasteiger partial charge in [0.2, 0.25) is 11.8 Å². The number of rotatable bonds is 6. The van der Waals surface area contributed by atoms with Crippen LogP contribution in [0.1, 0.15) is 23.1 Å². The Morgan fingerprint density at radius 3 is 2.50 bits per heavy atom. The molecule has 30 heavy (non-hydrogen) atoms. The van der Waals surface area contributed by atoms with Crippen molar-refractivity contribution in [1.82, 2.24) is 10.2 Å². The lowest BCUT2D eigenvalue weighted by Crippen LogP contribution is -2.36. The van der Waals surface area contributed by atoms with Crippen molar-refractivity contribution >= 4 is 17.5 Å². The Kier molecular flexibility index (Phi) is 6.45. The number of carbonyl (C=O) groups is 2. The molecule has 0 unspecified atom stereocenters. The van der Waals surface area contributed by atoms with Crippen LogP contribution < -0.4 is 10.2 Å². The van der Waals surface area contributed by atoms with Gasteiger partial charge in [0.1, 0.15) is 0 Å². The maximum absolute atomic E-state index is 12.8. The summed E-state index contributed by atoms with van der Waals surface area (Å²) in [5.41, 5.74) is 4.35. The molecule has 2 fully saturated rings. The van der Waals surface area contributed by atoms with Gasteiger partial charge in [0.05, 0.1) is 19.1 Å². The molecular formula is C24H29N3O3. The second-order valence-corrected chi connectivity index (χ2v) is 8.12. The van der Waals surface area contributed by atoms with Crippen molar-refractivity contribution in [2.24, 2.45) is 5.92 Å². The highest BCUT2D eigenvalue weighted by Gasteiger charge is 2.35. The number of amides is 2. The van der Waals surface area contributed by atoms with Crippen LogP contribution in [0, 0.1) is 12.8 Å². The standard InChI is InChI=1S/C24H29N3O3/c1-18-6-8-22(9-7-18)27-17-21(14-23(27)28)24(29)25-15-19-4-2-3-5-20(19)16-26-10-12-30-13-11-26/h2-9,21H,10-17H2,1H3,(H,25,29)/t21-/m1/s1. The molecule has 2 heterocycles. The molecule has 2 aliphatic rings. The first-order valence-corrected chi connectivity index (χ1v) is 10.6. The summed E-state index contributed by atoms with van der Waals surface area (Å²) in [5, 5.41) is 3.06. The van der Waals surface area contributed by atoms with Crippen molar-refractivity contribution in [3.63, 3.8) is 0 Å². The number of anilines is 1. The van der Waals surface area contributed by atoms with Crippen LogP contribution >= 0.6 is 0 Å². The van der Waals surface area contributed by atoms with E-state index in [0.717, 1.165) is 49.7 Å². The Morgan fingerprint density at radius 1 is 1.07 bits per heavy atom. The summed E-state index contributed by atoms with van der Waals surface area (Å²) in [6.07, 6.45) is 0.259. The van der Waals surface area contributed by atoms with Crippen LogP contribution in [0.25, 0.3) is 0 Å². The first kappa shape index (κ1) is 20.6. The fraction of sp³-hybridized carbons (Fsp3) is 0.417. The molecule has 2 aromatic rings. The van der Waals surface area contributed by atoms with E-state index < -0.39 is 0 Å². The first-order valence-electron chi connectivity index (χ1n) is 10.6. The first-order chi connectivity index (χ1) is 14.6. The number of nitrogens with zero attached hydrogens (tertiary/aromatic N) is 2. The predicted octanol–water partition coefficient (Wildman–Crippen LogP) is 2.50. The third kappa shape index (κ3) is 4.89. The van der Waals surface area contributed by atoms with E-state index in [4.69, 9.17) is 4.74 Å². The molecule has 0 aromatic heterocycles. The van der Waals surface area contributed by atoms with Crippen LogP contribution in [0.15, 0.2) is 48.5 Å². The van der Waals surface area contributed by atoms with Gasteiger partial charge in [-0.25, -0.2) is 0 Å². The number of morpholine rings is 1. The largest absolute Gasteiger partial charge is 0.379 e. The Labute approximate surface area is 177 Å². The molecule has 2 aliphatic heterocycles. The van der Waals surface area contributed by atoms with Gasteiger partial charge < -0.3 is 15.0 Å². The van der Waals surface area contributed by atoms with Gasteiger partial charge in [0.15, 0.2) is 0 Å². The van der Waals surface area contributed by atoms with E-state index >= 15 is 0 Å². The lowest BCUT2D eigenvalue weighted by atomic mass is 10.1. The van der Waals surface area contributed by atoms with Crippen molar-refractivity contribution in [3.05, 3.63) is 65.2 Å². The van der Waals surface area contributed by atoms with Gasteiger partial charge in [0.25, 0.3) is 0 Å². The molecule has 1 N–H and O–H groups in total. The fourth-order valence-electron chi connectivity index (χ4n) is 4.07. The Balaban J connectivity index is 1.35. The summed E-state index contributed by atoms with van der Waals surface area (Å²) in [6, 6.07) is 16.1. The summed E-state index contributed by atoms with van der Waals surface area (Å²) in [7, 11) is 0. The summed E-state index contributed by atoms with van der Waals surface area (Å²) in [4.78, 5) is 29.3. The van der Waals surface area contributed by atoms with E-state index in [9.17, 15) is 9.59 Å². The lowest BCUT2D eigenvalue weighted by Gasteiger charge is -2.27. The Hall–Kier alpha value is -2.70. The molecule has 158 valence electrons. The third-order valence-electron chi connectivity index (χ3n) is 5.91. The SMILES string of the molecule is Cc1ccc(N2C[C@H](C(=O)NCc3ccccc3CN3CCOCC3)CC2=O)cc1. The van der Waals surface area contributed by atoms with Crippen molar-refractivity contribution in [2.75, 3.05) is 37.7 Å². The zero-order valence-electron chi connectivity index (χ0n) is 17.5. The molecule has 0 aliphatic carbocycles. The number of hydrogen-bond donors (Lipinski definition) is 1. The van der Waals surface area contributed by atoms with Crippen molar-refractivity contribution in [1.29, 1.82) is 0 Å². The van der Waals surface area contributed by atoms with Gasteiger partial charge in [-0.3, -0.25) is 14.5 Å². The number of aryl methyl sites for hydroxylation is 1. The molecule has 0 radical (unpaired) electrons. The number of hydrogen-bond acceptors (Lipinski definition) is 4. The second kappa shape index (κ2) is 9.41. The highest BCUT2D eigenvalue weighted by molar-refractivity contribution is 6.00. The van der Waals surface area contributed by atoms with Crippen LogP contribution in [0.3, 0.4) is 0 Å². The number of nitrogens with one attached hydrogen (secondary N) is 1. The quantitative estimate of drug-likeness (QED) is 0.799. The fourth-order valence-corrected chi connectivity index (χ4v) is 4.07. The minimum Gasteiger partial charge on any atom is -0.379 e. The summed E-state index contributed by atoms with van der Waals surface area (Å²) in [6.45, 7) is 7.19. The highest BCUT2D eigenvalue weighted by Crippen LogP contribution is 2.25. The zero-order valence-corrected chi connectivity index (χ0v) is 17.5. The van der Waals surface area contributed by atoms with E-state index in [1.807, 2.05) is 43.3 Å². The van der Waals surface area contributed by atoms with Crippen LogP contribution in [0.2, 0.25) is 0 Å².